The molecule has 0 unspecified atom stereocenters. The van der Waals surface area contributed by atoms with E-state index in [4.69, 9.17) is 30.6 Å². The van der Waals surface area contributed by atoms with E-state index >= 15 is 0 Å². The standard InChI is InChI=1S/C22H24ClN5O5S/c23-14-9-15-21(27-22(25-15)33-17-11-32-19-16(29)10-31-20(17)19)26-18(14)12-1-3-13(4-2-12)28-5-7-34(24,30)8-6-28/h1-4,9,16-17,19-20,24,29H,5-8,10-11H2,(H,25,26,27)/t16-,17-,19-,20-/m1/s1. The molecule has 2 aromatic heterocycles. The van der Waals surface area contributed by atoms with Crippen LogP contribution in [-0.4, -0.2) is 86.5 Å². The number of halogens is 1. The maximum Gasteiger partial charge on any atom is 0.296 e. The molecule has 180 valence electrons. The Balaban J connectivity index is 1.21. The van der Waals surface area contributed by atoms with E-state index < -0.39 is 15.8 Å². The molecule has 34 heavy (non-hydrogen) atoms. The summed E-state index contributed by atoms with van der Waals surface area (Å²) >= 11 is 6.54. The lowest BCUT2D eigenvalue weighted by molar-refractivity contribution is 0.00706. The molecule has 12 heteroatoms. The van der Waals surface area contributed by atoms with Crippen LogP contribution in [0.2, 0.25) is 5.02 Å². The minimum atomic E-state index is -2.43. The number of hydrogen-bond acceptors (Lipinski definition) is 9. The predicted octanol–water partition coefficient (Wildman–Crippen LogP) is 2.05. The largest absolute Gasteiger partial charge is 0.456 e. The first-order chi connectivity index (χ1) is 16.4. The lowest BCUT2D eigenvalue weighted by Gasteiger charge is -2.30. The molecule has 3 N–H and O–H groups in total. The number of ether oxygens (including phenoxy) is 3. The van der Waals surface area contributed by atoms with Crippen LogP contribution in [0.1, 0.15) is 0 Å². The van der Waals surface area contributed by atoms with Crippen LogP contribution in [0, 0.1) is 4.78 Å². The Bertz CT molecular complexity index is 1320. The number of aliphatic hydroxyl groups excluding tert-OH is 1. The number of imidazole rings is 1. The van der Waals surface area contributed by atoms with Crippen molar-refractivity contribution >= 4 is 38.2 Å². The number of aliphatic hydroxyl groups is 1. The smallest absolute Gasteiger partial charge is 0.296 e. The van der Waals surface area contributed by atoms with Crippen molar-refractivity contribution in [2.45, 2.75) is 24.4 Å². The monoisotopic (exact) mass is 505 g/mol. The van der Waals surface area contributed by atoms with Gasteiger partial charge in [0.25, 0.3) is 6.01 Å². The van der Waals surface area contributed by atoms with Crippen molar-refractivity contribution in [3.8, 4) is 17.3 Å². The zero-order valence-electron chi connectivity index (χ0n) is 18.1. The fraction of sp³-hybridized carbons (Fsp3) is 0.455. The van der Waals surface area contributed by atoms with Crippen molar-refractivity contribution in [1.29, 1.82) is 4.78 Å². The highest BCUT2D eigenvalue weighted by Gasteiger charge is 2.48. The van der Waals surface area contributed by atoms with E-state index in [9.17, 15) is 9.32 Å². The summed E-state index contributed by atoms with van der Waals surface area (Å²) in [4.78, 5) is 14.3. The normalized spacial score (nSPS) is 28.4. The number of hydrogen-bond donors (Lipinski definition) is 3. The van der Waals surface area contributed by atoms with E-state index in [1.807, 2.05) is 24.3 Å². The quantitative estimate of drug-likeness (QED) is 0.490. The van der Waals surface area contributed by atoms with Crippen LogP contribution in [-0.2, 0) is 19.2 Å². The number of aromatic amines is 1. The molecule has 0 saturated carbocycles. The highest BCUT2D eigenvalue weighted by atomic mass is 35.5. The number of H-pyrrole nitrogens is 1. The molecule has 5 heterocycles. The molecule has 0 amide bonds. The van der Waals surface area contributed by atoms with Crippen molar-refractivity contribution < 1.29 is 23.5 Å². The van der Waals surface area contributed by atoms with Gasteiger partial charge in [-0.3, -0.25) is 4.78 Å². The lowest BCUT2D eigenvalue weighted by Crippen LogP contribution is -2.39. The Morgan fingerprint density at radius 1 is 1.15 bits per heavy atom. The maximum atomic E-state index is 11.9. The number of nitrogens with one attached hydrogen (secondary N) is 2. The van der Waals surface area contributed by atoms with Gasteiger partial charge in [-0.15, -0.1) is 0 Å². The highest BCUT2D eigenvalue weighted by molar-refractivity contribution is 7.92. The van der Waals surface area contributed by atoms with E-state index in [-0.39, 0.29) is 24.9 Å². The summed E-state index contributed by atoms with van der Waals surface area (Å²) in [5, 5.41) is 10.4. The first-order valence-electron chi connectivity index (χ1n) is 11.1. The third-order valence-electron chi connectivity index (χ3n) is 6.54. The van der Waals surface area contributed by atoms with E-state index in [0.717, 1.165) is 11.3 Å². The molecule has 3 aromatic rings. The molecule has 3 aliphatic rings. The second kappa shape index (κ2) is 8.35. The molecule has 10 nitrogen and oxygen atoms in total. The summed E-state index contributed by atoms with van der Waals surface area (Å²) in [7, 11) is -2.43. The summed E-state index contributed by atoms with van der Waals surface area (Å²) in [6.45, 7) is 1.77. The van der Waals surface area contributed by atoms with Gasteiger partial charge < -0.3 is 29.2 Å². The van der Waals surface area contributed by atoms with Crippen LogP contribution in [0.4, 0.5) is 5.69 Å². The van der Waals surface area contributed by atoms with Crippen LogP contribution in [0.3, 0.4) is 0 Å². The molecule has 4 atom stereocenters. The first-order valence-corrected chi connectivity index (χ1v) is 13.4. The molecule has 0 aliphatic carbocycles. The number of aromatic nitrogens is 3. The second-order valence-corrected chi connectivity index (χ2v) is 11.7. The molecule has 1 aromatic carbocycles. The average molecular weight is 506 g/mol. The van der Waals surface area contributed by atoms with E-state index in [2.05, 4.69) is 19.9 Å². The zero-order valence-corrected chi connectivity index (χ0v) is 19.7. The molecular weight excluding hydrogens is 482 g/mol. The zero-order chi connectivity index (χ0) is 23.4. The fourth-order valence-electron chi connectivity index (χ4n) is 4.66. The Morgan fingerprint density at radius 2 is 1.88 bits per heavy atom. The highest BCUT2D eigenvalue weighted by Crippen LogP contribution is 2.33. The summed E-state index contributed by atoms with van der Waals surface area (Å²) in [6.07, 6.45) is -1.72. The van der Waals surface area contributed by atoms with Crippen LogP contribution in [0.15, 0.2) is 30.3 Å². The number of pyridine rings is 1. The molecule has 0 spiro atoms. The van der Waals surface area contributed by atoms with Crippen LogP contribution in [0.25, 0.3) is 22.4 Å². The van der Waals surface area contributed by atoms with Crippen LogP contribution >= 0.6 is 11.6 Å². The molecule has 6 rings (SSSR count). The second-order valence-electron chi connectivity index (χ2n) is 8.81. The average Bonchev–Trinajstić information content (AvgIpc) is 3.50. The van der Waals surface area contributed by atoms with Gasteiger partial charge in [-0.2, -0.15) is 4.98 Å². The Hall–Kier alpha value is -2.44. The predicted molar refractivity (Wildman–Crippen MR) is 127 cm³/mol. The van der Waals surface area contributed by atoms with Crippen molar-refractivity contribution in [1.82, 2.24) is 15.0 Å². The number of fused-ring (bicyclic) bond motifs is 2. The summed E-state index contributed by atoms with van der Waals surface area (Å²) < 4.78 is 36.8. The molecular formula is C22H24ClN5O5S. The van der Waals surface area contributed by atoms with Gasteiger partial charge in [0, 0.05) is 45.6 Å². The molecule has 0 radical (unpaired) electrons. The molecule has 3 aliphatic heterocycles. The number of benzene rings is 1. The van der Waals surface area contributed by atoms with Gasteiger partial charge in [0.15, 0.2) is 11.8 Å². The summed E-state index contributed by atoms with van der Waals surface area (Å²) in [6, 6.07) is 9.93. The number of nitrogens with zero attached hydrogens (tertiary/aromatic N) is 3. The van der Waals surface area contributed by atoms with Gasteiger partial charge >= 0.3 is 0 Å². The van der Waals surface area contributed by atoms with Gasteiger partial charge in [0.1, 0.15) is 18.3 Å². The molecule has 3 saturated heterocycles. The minimum Gasteiger partial charge on any atom is -0.456 e. The maximum absolute atomic E-state index is 11.9. The number of anilines is 1. The van der Waals surface area contributed by atoms with Crippen LogP contribution in [0.5, 0.6) is 6.01 Å². The summed E-state index contributed by atoms with van der Waals surface area (Å²) in [5.74, 6) is 0.785. The van der Waals surface area contributed by atoms with Crippen molar-refractivity contribution in [3.05, 3.63) is 35.4 Å². The van der Waals surface area contributed by atoms with E-state index in [0.29, 0.717) is 59.1 Å². The van der Waals surface area contributed by atoms with Gasteiger partial charge in [0.05, 0.1) is 29.4 Å². The fourth-order valence-corrected chi connectivity index (χ4v) is 6.16. The topological polar surface area (TPSA) is 134 Å². The summed E-state index contributed by atoms with van der Waals surface area (Å²) in [5.41, 5.74) is 3.60. The third-order valence-corrected chi connectivity index (χ3v) is 8.51. The number of rotatable bonds is 4. The Morgan fingerprint density at radius 3 is 2.65 bits per heavy atom. The Kier molecular flexibility index (Phi) is 5.41. The van der Waals surface area contributed by atoms with Crippen LogP contribution < -0.4 is 9.64 Å². The van der Waals surface area contributed by atoms with Gasteiger partial charge in [-0.1, -0.05) is 23.7 Å². The van der Waals surface area contributed by atoms with E-state index in [1.54, 1.807) is 6.07 Å². The Labute approximate surface area is 201 Å². The van der Waals surface area contributed by atoms with Gasteiger partial charge in [-0.05, 0) is 18.2 Å². The minimum absolute atomic E-state index is 0.233. The van der Waals surface area contributed by atoms with Crippen molar-refractivity contribution in [2.24, 2.45) is 0 Å². The molecule has 3 fully saturated rings. The SMILES string of the molecule is N=S1(=O)CCN(c2ccc(-c3nc4nc(O[C@@H]5CO[C@H]6[C@@H]5OC[C@H]6O)[nH]c4cc3Cl)cc2)CC1. The van der Waals surface area contributed by atoms with Crippen molar-refractivity contribution in [3.63, 3.8) is 0 Å². The van der Waals surface area contributed by atoms with Gasteiger partial charge in [0.2, 0.25) is 0 Å². The van der Waals surface area contributed by atoms with Gasteiger partial charge in [-0.25, -0.2) is 9.19 Å². The first kappa shape index (κ1) is 22.1. The molecule has 0 bridgehead atoms. The third kappa shape index (κ3) is 4.01. The van der Waals surface area contributed by atoms with E-state index in [1.165, 1.54) is 0 Å². The lowest BCUT2D eigenvalue weighted by atomic mass is 10.1. The van der Waals surface area contributed by atoms with Crippen molar-refractivity contribution in [2.75, 3.05) is 42.7 Å².